The van der Waals surface area contributed by atoms with Gasteiger partial charge in [-0.15, -0.1) is 0 Å². The molecule has 4 fully saturated rings. The van der Waals surface area contributed by atoms with E-state index in [0.29, 0.717) is 44.7 Å². The summed E-state index contributed by atoms with van der Waals surface area (Å²) in [5.74, 6) is 1.55. The fraction of sp³-hybridized carbons (Fsp3) is 0.889. The standard InChI is InChI=1S/C18H30N4O3/c19-17-14-2-1-13(11-14)16(17)18(24)22-5-3-20(4-6-22)12-15(23)21-7-9-25-10-8-21/h13-14,16-17H,1-12,19H2. The van der Waals surface area contributed by atoms with Crippen molar-refractivity contribution in [2.45, 2.75) is 25.3 Å². The van der Waals surface area contributed by atoms with Crippen molar-refractivity contribution in [3.63, 3.8) is 0 Å². The number of hydrogen-bond acceptors (Lipinski definition) is 5. The summed E-state index contributed by atoms with van der Waals surface area (Å²) < 4.78 is 5.30. The molecule has 0 aromatic heterocycles. The van der Waals surface area contributed by atoms with Crippen LogP contribution < -0.4 is 5.73 Å². The Kier molecular flexibility index (Phi) is 4.97. The number of amides is 2. The quantitative estimate of drug-likeness (QED) is 0.733. The van der Waals surface area contributed by atoms with E-state index < -0.39 is 0 Å². The van der Waals surface area contributed by atoms with Gasteiger partial charge in [-0.1, -0.05) is 0 Å². The first-order chi connectivity index (χ1) is 12.1. The van der Waals surface area contributed by atoms with Crippen LogP contribution >= 0.6 is 0 Å². The molecular weight excluding hydrogens is 320 g/mol. The Morgan fingerprint density at radius 1 is 0.920 bits per heavy atom. The van der Waals surface area contributed by atoms with E-state index in [1.807, 2.05) is 9.80 Å². The molecule has 4 unspecified atom stereocenters. The van der Waals surface area contributed by atoms with Crippen LogP contribution in [0.3, 0.4) is 0 Å². The van der Waals surface area contributed by atoms with E-state index in [1.54, 1.807) is 0 Å². The van der Waals surface area contributed by atoms with Crippen LogP contribution in [-0.2, 0) is 14.3 Å². The van der Waals surface area contributed by atoms with Crippen LogP contribution in [0.4, 0.5) is 0 Å². The van der Waals surface area contributed by atoms with E-state index >= 15 is 0 Å². The van der Waals surface area contributed by atoms with Crippen molar-refractivity contribution in [2.75, 3.05) is 59.0 Å². The molecule has 140 valence electrons. The SMILES string of the molecule is NC1C2CCC(C2)C1C(=O)N1CCN(CC(=O)N2CCOCC2)CC1. The Morgan fingerprint density at radius 2 is 1.60 bits per heavy atom. The fourth-order valence-corrected chi connectivity index (χ4v) is 5.14. The topological polar surface area (TPSA) is 79.1 Å². The fourth-order valence-electron chi connectivity index (χ4n) is 5.14. The lowest BCUT2D eigenvalue weighted by Gasteiger charge is -2.39. The van der Waals surface area contributed by atoms with Gasteiger partial charge < -0.3 is 20.3 Å². The monoisotopic (exact) mass is 350 g/mol. The summed E-state index contributed by atoms with van der Waals surface area (Å²) in [5.41, 5.74) is 6.33. The first-order valence-corrected chi connectivity index (χ1v) is 9.75. The Labute approximate surface area is 149 Å². The van der Waals surface area contributed by atoms with Crippen molar-refractivity contribution in [2.24, 2.45) is 23.5 Å². The number of hydrogen-bond donors (Lipinski definition) is 1. The van der Waals surface area contributed by atoms with Crippen LogP contribution in [0, 0.1) is 17.8 Å². The lowest BCUT2D eigenvalue weighted by Crippen LogP contribution is -2.55. The third-order valence-electron chi connectivity index (χ3n) is 6.67. The zero-order valence-corrected chi connectivity index (χ0v) is 14.9. The van der Waals surface area contributed by atoms with Gasteiger partial charge >= 0.3 is 0 Å². The number of fused-ring (bicyclic) bond motifs is 2. The number of morpholine rings is 1. The lowest BCUT2D eigenvalue weighted by molar-refractivity contribution is -0.141. The number of rotatable bonds is 3. The second-order valence-electron chi connectivity index (χ2n) is 8.03. The Morgan fingerprint density at radius 3 is 2.24 bits per heavy atom. The third kappa shape index (κ3) is 3.41. The number of carbonyl (C=O) groups is 2. The van der Waals surface area contributed by atoms with Gasteiger partial charge in [0.15, 0.2) is 0 Å². The molecule has 2 aliphatic heterocycles. The van der Waals surface area contributed by atoms with Crippen molar-refractivity contribution in [3.8, 4) is 0 Å². The minimum Gasteiger partial charge on any atom is -0.378 e. The molecule has 7 nitrogen and oxygen atoms in total. The van der Waals surface area contributed by atoms with Gasteiger partial charge in [0, 0.05) is 45.3 Å². The van der Waals surface area contributed by atoms with Crippen molar-refractivity contribution in [3.05, 3.63) is 0 Å². The normalized spacial score (nSPS) is 36.0. The van der Waals surface area contributed by atoms with Gasteiger partial charge in [0.2, 0.25) is 11.8 Å². The predicted molar refractivity (Wildman–Crippen MR) is 92.7 cm³/mol. The van der Waals surface area contributed by atoms with Gasteiger partial charge in [0.05, 0.1) is 25.7 Å². The van der Waals surface area contributed by atoms with Gasteiger partial charge in [-0.25, -0.2) is 0 Å². The van der Waals surface area contributed by atoms with E-state index in [2.05, 4.69) is 4.90 Å². The number of ether oxygens (including phenoxy) is 1. The molecule has 2 amide bonds. The van der Waals surface area contributed by atoms with Gasteiger partial charge in [-0.05, 0) is 31.1 Å². The van der Waals surface area contributed by atoms with Crippen molar-refractivity contribution in [1.82, 2.24) is 14.7 Å². The maximum absolute atomic E-state index is 12.9. The molecule has 4 rings (SSSR count). The molecule has 2 bridgehead atoms. The molecule has 0 aromatic carbocycles. The van der Waals surface area contributed by atoms with Crippen LogP contribution in [0.2, 0.25) is 0 Å². The number of nitrogens with zero attached hydrogens (tertiary/aromatic N) is 3. The van der Waals surface area contributed by atoms with E-state index in [1.165, 1.54) is 12.8 Å². The van der Waals surface area contributed by atoms with Crippen molar-refractivity contribution >= 4 is 11.8 Å². The summed E-state index contributed by atoms with van der Waals surface area (Å²) >= 11 is 0. The van der Waals surface area contributed by atoms with E-state index in [0.717, 1.165) is 32.6 Å². The molecule has 2 N–H and O–H groups in total. The highest BCUT2D eigenvalue weighted by atomic mass is 16.5. The zero-order valence-electron chi connectivity index (χ0n) is 14.9. The second-order valence-corrected chi connectivity index (χ2v) is 8.03. The molecule has 4 aliphatic rings. The van der Waals surface area contributed by atoms with E-state index in [9.17, 15) is 9.59 Å². The molecule has 25 heavy (non-hydrogen) atoms. The first kappa shape index (κ1) is 17.2. The molecular formula is C18H30N4O3. The highest BCUT2D eigenvalue weighted by molar-refractivity contribution is 5.81. The summed E-state index contributed by atoms with van der Waals surface area (Å²) in [6.07, 6.45) is 3.52. The van der Waals surface area contributed by atoms with E-state index in [-0.39, 0.29) is 23.8 Å². The van der Waals surface area contributed by atoms with Crippen LogP contribution in [0.5, 0.6) is 0 Å². The predicted octanol–water partition coefficient (Wildman–Crippen LogP) is -0.637. The van der Waals surface area contributed by atoms with Gasteiger partial charge in [-0.2, -0.15) is 0 Å². The van der Waals surface area contributed by atoms with Gasteiger partial charge in [0.1, 0.15) is 0 Å². The van der Waals surface area contributed by atoms with Crippen LogP contribution in [0.15, 0.2) is 0 Å². The van der Waals surface area contributed by atoms with Crippen molar-refractivity contribution in [1.29, 1.82) is 0 Å². The maximum Gasteiger partial charge on any atom is 0.236 e. The zero-order chi connectivity index (χ0) is 17.4. The maximum atomic E-state index is 12.9. The summed E-state index contributed by atoms with van der Waals surface area (Å²) in [4.78, 5) is 31.3. The van der Waals surface area contributed by atoms with Gasteiger partial charge in [0.25, 0.3) is 0 Å². The smallest absolute Gasteiger partial charge is 0.236 e. The third-order valence-corrected chi connectivity index (χ3v) is 6.67. The molecule has 7 heteroatoms. The molecule has 4 atom stereocenters. The molecule has 0 spiro atoms. The minimum absolute atomic E-state index is 0.0419. The summed E-state index contributed by atoms with van der Waals surface area (Å²) in [5, 5.41) is 0. The summed E-state index contributed by atoms with van der Waals surface area (Å²) in [7, 11) is 0. The minimum atomic E-state index is 0.0419. The lowest BCUT2D eigenvalue weighted by atomic mass is 9.84. The van der Waals surface area contributed by atoms with Crippen LogP contribution in [0.1, 0.15) is 19.3 Å². The average Bonchev–Trinajstić information content (AvgIpc) is 3.24. The number of piperazine rings is 1. The highest BCUT2D eigenvalue weighted by Crippen LogP contribution is 2.48. The number of carbonyl (C=O) groups excluding carboxylic acids is 2. The molecule has 2 saturated heterocycles. The Hall–Kier alpha value is -1.18. The van der Waals surface area contributed by atoms with Crippen LogP contribution in [0.25, 0.3) is 0 Å². The second kappa shape index (κ2) is 7.21. The number of nitrogens with two attached hydrogens (primary N) is 1. The van der Waals surface area contributed by atoms with Gasteiger partial charge in [-0.3, -0.25) is 14.5 Å². The Balaban J connectivity index is 1.25. The Bertz CT molecular complexity index is 512. The molecule has 2 saturated carbocycles. The largest absolute Gasteiger partial charge is 0.378 e. The summed E-state index contributed by atoms with van der Waals surface area (Å²) in [6, 6.07) is 0.0622. The van der Waals surface area contributed by atoms with Crippen molar-refractivity contribution < 1.29 is 14.3 Å². The highest BCUT2D eigenvalue weighted by Gasteiger charge is 2.50. The van der Waals surface area contributed by atoms with Crippen LogP contribution in [-0.4, -0.2) is 91.6 Å². The average molecular weight is 350 g/mol. The molecule has 0 aromatic rings. The van der Waals surface area contributed by atoms with E-state index in [4.69, 9.17) is 10.5 Å². The summed E-state index contributed by atoms with van der Waals surface area (Å²) in [6.45, 7) is 6.10. The molecule has 2 heterocycles. The molecule has 0 radical (unpaired) electrons. The first-order valence-electron chi connectivity index (χ1n) is 9.75. The molecule has 2 aliphatic carbocycles.